The highest BCUT2D eigenvalue weighted by molar-refractivity contribution is 5.82. The highest BCUT2D eigenvalue weighted by Gasteiger charge is 2.39. The van der Waals surface area contributed by atoms with Crippen LogP contribution in [0.3, 0.4) is 0 Å². The van der Waals surface area contributed by atoms with Gasteiger partial charge < -0.3 is 30.0 Å². The zero-order chi connectivity index (χ0) is 36.7. The average molecular weight is 723 g/mol. The zero-order valence-electron chi connectivity index (χ0n) is 28.3. The fraction of sp³-hybridized carbons (Fsp3) is 0.405. The molecule has 0 unspecified atom stereocenters. The third-order valence-corrected chi connectivity index (χ3v) is 9.23. The predicted molar refractivity (Wildman–Crippen MR) is 182 cm³/mol. The van der Waals surface area contributed by atoms with E-state index in [1.807, 2.05) is 58.7 Å². The van der Waals surface area contributed by atoms with E-state index >= 15 is 0 Å². The monoisotopic (exact) mass is 722 g/mol. The maximum absolute atomic E-state index is 13.8. The van der Waals surface area contributed by atoms with Crippen molar-refractivity contribution >= 4 is 11.8 Å². The van der Waals surface area contributed by atoms with Crippen LogP contribution in [0.4, 0.5) is 13.2 Å². The second kappa shape index (κ2) is 16.2. The van der Waals surface area contributed by atoms with Gasteiger partial charge in [0.2, 0.25) is 11.8 Å². The summed E-state index contributed by atoms with van der Waals surface area (Å²) >= 11 is 0. The number of benzene rings is 2. The highest BCUT2D eigenvalue weighted by Crippen LogP contribution is 2.29. The standard InChI is InChI=1S/C37H41F3N6O6/c38-37(39,40)23-41-35(49)31-22-45(21-30-10-11-33(52-30)27-12-13-42-43-19-27)14-15-46(31)20-29(47)17-28(16-25-6-2-1-3-7-25)34(48)44-36(50)18-26-8-4-5-9-32(26)51-24-36/h1-13,19,28-29,31,47,50H,14-18,20-24H2,(H,41,49)(H,44,48)/t28-,29+,31+,36+/m1/s1. The van der Waals surface area contributed by atoms with Gasteiger partial charge in [0.25, 0.3) is 0 Å². The van der Waals surface area contributed by atoms with Crippen molar-refractivity contribution in [3.8, 4) is 17.1 Å². The minimum atomic E-state index is -4.60. The van der Waals surface area contributed by atoms with Gasteiger partial charge in [0, 0.05) is 44.1 Å². The lowest BCUT2D eigenvalue weighted by Crippen LogP contribution is -2.60. The summed E-state index contributed by atoms with van der Waals surface area (Å²) in [6, 6.07) is 20.8. The average Bonchev–Trinajstić information content (AvgIpc) is 3.59. The minimum Gasteiger partial charge on any atom is -0.488 e. The van der Waals surface area contributed by atoms with E-state index in [-0.39, 0.29) is 45.5 Å². The summed E-state index contributed by atoms with van der Waals surface area (Å²) in [5.74, 6) is -0.302. The molecule has 0 bridgehead atoms. The molecule has 4 heterocycles. The molecule has 0 saturated carbocycles. The van der Waals surface area contributed by atoms with Crippen LogP contribution in [-0.2, 0) is 29.0 Å². The summed E-state index contributed by atoms with van der Waals surface area (Å²) in [6.45, 7) is -0.649. The third-order valence-electron chi connectivity index (χ3n) is 9.23. The van der Waals surface area contributed by atoms with Crippen molar-refractivity contribution in [1.82, 2.24) is 30.6 Å². The van der Waals surface area contributed by atoms with Crippen molar-refractivity contribution < 1.29 is 42.1 Å². The van der Waals surface area contributed by atoms with Crippen LogP contribution < -0.4 is 15.4 Å². The first kappa shape index (κ1) is 36.9. The van der Waals surface area contributed by atoms with E-state index in [4.69, 9.17) is 9.15 Å². The van der Waals surface area contributed by atoms with Crippen molar-refractivity contribution in [1.29, 1.82) is 0 Å². The number of ether oxygens (including phenoxy) is 1. The second-order valence-corrected chi connectivity index (χ2v) is 13.3. The van der Waals surface area contributed by atoms with Gasteiger partial charge in [-0.05, 0) is 48.2 Å². The minimum absolute atomic E-state index is 0.0373. The number of rotatable bonds is 13. The van der Waals surface area contributed by atoms with E-state index in [0.717, 1.165) is 16.7 Å². The molecule has 0 aliphatic carbocycles. The number of alkyl halides is 3. The second-order valence-electron chi connectivity index (χ2n) is 13.3. The molecule has 2 aliphatic rings. The number of fused-ring (bicyclic) bond motifs is 1. The molecule has 1 fully saturated rings. The van der Waals surface area contributed by atoms with Crippen LogP contribution in [0, 0.1) is 5.92 Å². The SMILES string of the molecule is O=C(N[C@@]1(O)COc2ccccc2C1)[C@H](Cc1ccccc1)C[C@H](O)CN1CCN(Cc2ccc(-c3ccnnc3)o2)C[C@H]1C(=O)NCC(F)(F)F. The number of hydrogen-bond acceptors (Lipinski definition) is 10. The number of halogens is 3. The fourth-order valence-electron chi connectivity index (χ4n) is 6.69. The van der Waals surface area contributed by atoms with E-state index in [1.54, 1.807) is 41.6 Å². The van der Waals surface area contributed by atoms with Crippen molar-refractivity contribution in [2.24, 2.45) is 5.92 Å². The van der Waals surface area contributed by atoms with Crippen LogP contribution >= 0.6 is 0 Å². The Balaban J connectivity index is 1.13. The van der Waals surface area contributed by atoms with Gasteiger partial charge in [-0.2, -0.15) is 23.4 Å². The first-order chi connectivity index (χ1) is 24.9. The number of aliphatic hydroxyl groups is 2. The van der Waals surface area contributed by atoms with Crippen LogP contribution in [0.1, 0.15) is 23.3 Å². The van der Waals surface area contributed by atoms with Crippen LogP contribution in [0.15, 0.2) is 89.6 Å². The molecule has 4 atom stereocenters. The van der Waals surface area contributed by atoms with E-state index in [9.17, 15) is 33.0 Å². The molecule has 2 aliphatic heterocycles. The largest absolute Gasteiger partial charge is 0.488 e. The number of carbonyl (C=O) groups excluding carboxylic acids is 2. The number of hydrogen-bond donors (Lipinski definition) is 4. The Morgan fingerprint density at radius 3 is 2.58 bits per heavy atom. The van der Waals surface area contributed by atoms with Gasteiger partial charge in [0.15, 0.2) is 5.72 Å². The predicted octanol–water partition coefficient (Wildman–Crippen LogP) is 2.95. The summed E-state index contributed by atoms with van der Waals surface area (Å²) in [6.07, 6.45) is -2.29. The summed E-state index contributed by atoms with van der Waals surface area (Å²) in [5, 5.41) is 35.1. The number of piperazine rings is 1. The van der Waals surface area contributed by atoms with Crippen molar-refractivity contribution in [3.63, 3.8) is 0 Å². The Bertz CT molecular complexity index is 1800. The van der Waals surface area contributed by atoms with E-state index in [2.05, 4.69) is 15.5 Å². The summed E-state index contributed by atoms with van der Waals surface area (Å²) in [4.78, 5) is 30.6. The Hall–Kier alpha value is -4.83. The molecule has 276 valence electrons. The number of aromatic nitrogens is 2. The van der Waals surface area contributed by atoms with Gasteiger partial charge in [0.05, 0.1) is 25.0 Å². The summed E-state index contributed by atoms with van der Waals surface area (Å²) in [5.41, 5.74) is 0.637. The number of nitrogens with one attached hydrogen (secondary N) is 2. The number of nitrogens with zero attached hydrogens (tertiary/aromatic N) is 4. The van der Waals surface area contributed by atoms with Crippen LogP contribution in [0.5, 0.6) is 5.75 Å². The Morgan fingerprint density at radius 2 is 1.81 bits per heavy atom. The molecular formula is C37H41F3N6O6. The van der Waals surface area contributed by atoms with Crippen molar-refractivity contribution in [2.75, 3.05) is 39.3 Å². The Morgan fingerprint density at radius 1 is 1.02 bits per heavy atom. The molecule has 2 aromatic carbocycles. The first-order valence-electron chi connectivity index (χ1n) is 17.1. The molecule has 12 nitrogen and oxygen atoms in total. The normalized spacial score (nSPS) is 20.7. The maximum atomic E-state index is 13.8. The quantitative estimate of drug-likeness (QED) is 0.152. The van der Waals surface area contributed by atoms with Crippen molar-refractivity contribution in [3.05, 3.63) is 102 Å². The van der Waals surface area contributed by atoms with E-state index in [0.29, 0.717) is 30.4 Å². The van der Waals surface area contributed by atoms with E-state index < -0.39 is 48.3 Å². The molecule has 0 spiro atoms. The zero-order valence-corrected chi connectivity index (χ0v) is 28.3. The summed E-state index contributed by atoms with van der Waals surface area (Å²) in [7, 11) is 0. The number of amides is 2. The van der Waals surface area contributed by atoms with Gasteiger partial charge in [-0.1, -0.05) is 48.5 Å². The maximum Gasteiger partial charge on any atom is 0.405 e. The Labute approximate surface area is 298 Å². The number of carbonyl (C=O) groups is 2. The number of furan rings is 1. The lowest BCUT2D eigenvalue weighted by molar-refractivity contribution is -0.144. The number of para-hydroxylation sites is 1. The molecule has 2 amide bonds. The van der Waals surface area contributed by atoms with Gasteiger partial charge in [-0.3, -0.25) is 19.4 Å². The topological polar surface area (TPSA) is 153 Å². The molecule has 6 rings (SSSR count). The molecule has 4 N–H and O–H groups in total. The van der Waals surface area contributed by atoms with Crippen LogP contribution in [0.2, 0.25) is 0 Å². The third kappa shape index (κ3) is 9.94. The lowest BCUT2D eigenvalue weighted by atomic mass is 9.91. The molecule has 1 saturated heterocycles. The Kier molecular flexibility index (Phi) is 11.5. The van der Waals surface area contributed by atoms with Crippen molar-refractivity contribution in [2.45, 2.75) is 49.9 Å². The lowest BCUT2D eigenvalue weighted by Gasteiger charge is -2.41. The first-order valence-corrected chi connectivity index (χ1v) is 17.1. The van der Waals surface area contributed by atoms with Gasteiger partial charge in [-0.25, -0.2) is 0 Å². The molecule has 4 aromatic rings. The molecular weight excluding hydrogens is 681 g/mol. The number of β-amino-alcohol motifs (C(OH)–C–C–N with tert-alkyl or cyclic N) is 1. The fourth-order valence-corrected chi connectivity index (χ4v) is 6.69. The number of aliphatic hydroxyl groups excluding tert-OH is 1. The van der Waals surface area contributed by atoms with Gasteiger partial charge >= 0.3 is 6.18 Å². The molecule has 2 aromatic heterocycles. The van der Waals surface area contributed by atoms with Crippen LogP contribution in [-0.4, -0.2) is 105 Å². The molecule has 52 heavy (non-hydrogen) atoms. The van der Waals surface area contributed by atoms with Crippen LogP contribution in [0.25, 0.3) is 11.3 Å². The highest BCUT2D eigenvalue weighted by atomic mass is 19.4. The molecule has 0 radical (unpaired) electrons. The van der Waals surface area contributed by atoms with Gasteiger partial charge in [-0.15, -0.1) is 0 Å². The molecule has 15 heteroatoms. The van der Waals surface area contributed by atoms with E-state index in [1.165, 1.54) is 0 Å². The smallest absolute Gasteiger partial charge is 0.405 e. The summed E-state index contributed by atoms with van der Waals surface area (Å²) < 4.78 is 51.0. The van der Waals surface area contributed by atoms with Gasteiger partial charge in [0.1, 0.15) is 36.5 Å².